The van der Waals surface area contributed by atoms with Crippen LogP contribution < -0.4 is 10.5 Å². The van der Waals surface area contributed by atoms with Gasteiger partial charge in [-0.3, -0.25) is 9.59 Å². The highest BCUT2D eigenvalue weighted by atomic mass is 19.1. The largest absolute Gasteiger partial charge is 0.311 e. The minimum absolute atomic E-state index is 0.0711. The van der Waals surface area contributed by atoms with Crippen LogP contribution >= 0.6 is 0 Å². The van der Waals surface area contributed by atoms with Gasteiger partial charge in [0.25, 0.3) is 11.5 Å². The molecule has 2 aromatic carbocycles. The van der Waals surface area contributed by atoms with Gasteiger partial charge in [0, 0.05) is 30.6 Å². The van der Waals surface area contributed by atoms with Crippen LogP contribution in [0.25, 0.3) is 0 Å². The molecule has 0 aliphatic rings. The summed E-state index contributed by atoms with van der Waals surface area (Å²) in [6.07, 6.45) is 1.47. The first-order chi connectivity index (χ1) is 12.1. The highest BCUT2D eigenvalue weighted by molar-refractivity contribution is 6.05. The molecule has 0 saturated heterocycles. The van der Waals surface area contributed by atoms with Crippen molar-refractivity contribution in [2.24, 2.45) is 0 Å². The van der Waals surface area contributed by atoms with Crippen molar-refractivity contribution in [3.8, 4) is 0 Å². The Labute approximate surface area is 144 Å². The molecule has 5 heteroatoms. The lowest BCUT2D eigenvalue weighted by Crippen LogP contribution is -2.28. The van der Waals surface area contributed by atoms with Gasteiger partial charge in [-0.15, -0.1) is 0 Å². The number of hydrogen-bond donors (Lipinski definition) is 0. The normalized spacial score (nSPS) is 10.5. The van der Waals surface area contributed by atoms with Crippen molar-refractivity contribution in [1.82, 2.24) is 4.57 Å². The van der Waals surface area contributed by atoms with Gasteiger partial charge in [-0.1, -0.05) is 36.4 Å². The summed E-state index contributed by atoms with van der Waals surface area (Å²) in [7, 11) is 1.67. The fraction of sp³-hybridized carbons (Fsp3) is 0.100. The number of aromatic nitrogens is 1. The zero-order valence-electron chi connectivity index (χ0n) is 13.7. The van der Waals surface area contributed by atoms with E-state index in [-0.39, 0.29) is 23.8 Å². The van der Waals surface area contributed by atoms with Crippen molar-refractivity contribution in [2.75, 3.05) is 11.9 Å². The van der Waals surface area contributed by atoms with E-state index in [2.05, 4.69) is 0 Å². The maximum Gasteiger partial charge on any atom is 0.259 e. The molecule has 0 unspecified atom stereocenters. The molecule has 0 saturated carbocycles. The summed E-state index contributed by atoms with van der Waals surface area (Å²) in [5, 5.41) is 0. The number of nitrogens with zero attached hydrogens (tertiary/aromatic N) is 2. The molecule has 0 bridgehead atoms. The molecule has 0 aliphatic heterocycles. The van der Waals surface area contributed by atoms with E-state index >= 15 is 0 Å². The number of hydrogen-bond acceptors (Lipinski definition) is 2. The van der Waals surface area contributed by atoms with Gasteiger partial charge in [0.2, 0.25) is 0 Å². The van der Waals surface area contributed by atoms with Crippen LogP contribution in [0.15, 0.2) is 77.7 Å². The van der Waals surface area contributed by atoms with Crippen LogP contribution in [0, 0.1) is 5.82 Å². The van der Waals surface area contributed by atoms with Crippen molar-refractivity contribution in [3.05, 3.63) is 100 Å². The second-order valence-electron chi connectivity index (χ2n) is 5.68. The van der Waals surface area contributed by atoms with Crippen molar-refractivity contribution >= 4 is 11.6 Å². The first-order valence-electron chi connectivity index (χ1n) is 7.83. The molecule has 0 spiro atoms. The molecule has 1 aromatic heterocycles. The highest BCUT2D eigenvalue weighted by Gasteiger charge is 2.15. The predicted molar refractivity (Wildman–Crippen MR) is 95.4 cm³/mol. The Morgan fingerprint density at radius 2 is 1.68 bits per heavy atom. The van der Waals surface area contributed by atoms with Crippen molar-refractivity contribution in [1.29, 1.82) is 0 Å². The summed E-state index contributed by atoms with van der Waals surface area (Å²) < 4.78 is 15.2. The van der Waals surface area contributed by atoms with E-state index in [0.717, 1.165) is 5.69 Å². The molecule has 25 heavy (non-hydrogen) atoms. The number of rotatable bonds is 4. The monoisotopic (exact) mass is 336 g/mol. The molecule has 3 aromatic rings. The molecular weight excluding hydrogens is 319 g/mol. The van der Waals surface area contributed by atoms with Crippen LogP contribution in [0.3, 0.4) is 0 Å². The average Bonchev–Trinajstić information content (AvgIpc) is 2.65. The SMILES string of the molecule is CN(C(=O)c1ccc(=O)n(Cc2ccccc2F)c1)c1ccccc1. The Balaban J connectivity index is 1.90. The number of carbonyl (C=O) groups excluding carboxylic acids is 1. The first kappa shape index (κ1) is 16.6. The lowest BCUT2D eigenvalue weighted by atomic mass is 10.2. The Kier molecular flexibility index (Phi) is 4.75. The number of halogens is 1. The van der Waals surface area contributed by atoms with E-state index < -0.39 is 0 Å². The third kappa shape index (κ3) is 3.66. The fourth-order valence-corrected chi connectivity index (χ4v) is 2.55. The predicted octanol–water partition coefficient (Wildman–Crippen LogP) is 3.31. The van der Waals surface area contributed by atoms with Crippen LogP contribution in [0.1, 0.15) is 15.9 Å². The van der Waals surface area contributed by atoms with E-state index in [1.807, 2.05) is 30.3 Å². The molecule has 1 heterocycles. The summed E-state index contributed by atoms with van der Waals surface area (Å²) in [6, 6.07) is 18.3. The smallest absolute Gasteiger partial charge is 0.259 e. The summed E-state index contributed by atoms with van der Waals surface area (Å²) in [5.41, 5.74) is 1.22. The number of carbonyl (C=O) groups is 1. The second kappa shape index (κ2) is 7.13. The Hall–Kier alpha value is -3.21. The maximum atomic E-state index is 13.8. The molecule has 3 rings (SSSR count). The molecule has 126 valence electrons. The minimum Gasteiger partial charge on any atom is -0.311 e. The number of anilines is 1. The average molecular weight is 336 g/mol. The number of benzene rings is 2. The molecule has 0 fully saturated rings. The van der Waals surface area contributed by atoms with Crippen molar-refractivity contribution in [2.45, 2.75) is 6.54 Å². The number of para-hydroxylation sites is 1. The summed E-state index contributed by atoms with van der Waals surface area (Å²) in [4.78, 5) is 26.2. The van der Waals surface area contributed by atoms with E-state index in [1.165, 1.54) is 33.9 Å². The van der Waals surface area contributed by atoms with Crippen LogP contribution in [0.5, 0.6) is 0 Å². The lowest BCUT2D eigenvalue weighted by molar-refractivity contribution is 0.0992. The summed E-state index contributed by atoms with van der Waals surface area (Å²) in [6.45, 7) is 0.0711. The van der Waals surface area contributed by atoms with Crippen LogP contribution in [-0.4, -0.2) is 17.5 Å². The Morgan fingerprint density at radius 3 is 2.40 bits per heavy atom. The zero-order valence-corrected chi connectivity index (χ0v) is 13.7. The van der Waals surface area contributed by atoms with Gasteiger partial charge < -0.3 is 9.47 Å². The fourth-order valence-electron chi connectivity index (χ4n) is 2.55. The standard InChI is InChI=1S/C20H17FN2O2/c1-22(17-8-3-2-4-9-17)20(25)16-11-12-19(24)23(14-16)13-15-7-5-6-10-18(15)21/h2-12,14H,13H2,1H3. The maximum absolute atomic E-state index is 13.8. The van der Waals surface area contributed by atoms with E-state index in [0.29, 0.717) is 11.1 Å². The van der Waals surface area contributed by atoms with Gasteiger partial charge >= 0.3 is 0 Å². The van der Waals surface area contributed by atoms with E-state index in [1.54, 1.807) is 25.2 Å². The highest BCUT2D eigenvalue weighted by Crippen LogP contribution is 2.15. The molecule has 0 radical (unpaired) electrons. The third-order valence-electron chi connectivity index (χ3n) is 3.98. The van der Waals surface area contributed by atoms with Gasteiger partial charge in [-0.2, -0.15) is 0 Å². The van der Waals surface area contributed by atoms with Gasteiger partial charge in [-0.25, -0.2) is 4.39 Å². The van der Waals surface area contributed by atoms with Crippen LogP contribution in [-0.2, 0) is 6.54 Å². The Bertz CT molecular complexity index is 951. The molecule has 1 amide bonds. The summed E-state index contributed by atoms with van der Waals surface area (Å²) in [5.74, 6) is -0.624. The van der Waals surface area contributed by atoms with E-state index in [9.17, 15) is 14.0 Å². The van der Waals surface area contributed by atoms with E-state index in [4.69, 9.17) is 0 Å². The number of amides is 1. The minimum atomic E-state index is -0.382. The number of pyridine rings is 1. The van der Waals surface area contributed by atoms with Gasteiger partial charge in [0.1, 0.15) is 5.82 Å². The molecular formula is C20H17FN2O2. The first-order valence-corrected chi connectivity index (χ1v) is 7.83. The Morgan fingerprint density at radius 1 is 1.00 bits per heavy atom. The van der Waals surface area contributed by atoms with Gasteiger partial charge in [-0.05, 0) is 24.3 Å². The second-order valence-corrected chi connectivity index (χ2v) is 5.68. The molecule has 0 atom stereocenters. The topological polar surface area (TPSA) is 42.3 Å². The molecule has 4 nitrogen and oxygen atoms in total. The van der Waals surface area contributed by atoms with Crippen LogP contribution in [0.2, 0.25) is 0 Å². The summed E-state index contributed by atoms with van der Waals surface area (Å²) >= 11 is 0. The molecule has 0 N–H and O–H groups in total. The van der Waals surface area contributed by atoms with Crippen molar-refractivity contribution in [3.63, 3.8) is 0 Å². The van der Waals surface area contributed by atoms with Gasteiger partial charge in [0.15, 0.2) is 0 Å². The third-order valence-corrected chi connectivity index (χ3v) is 3.98. The molecule has 0 aliphatic carbocycles. The lowest BCUT2D eigenvalue weighted by Gasteiger charge is -2.18. The van der Waals surface area contributed by atoms with Crippen molar-refractivity contribution < 1.29 is 9.18 Å². The van der Waals surface area contributed by atoms with Gasteiger partial charge in [0.05, 0.1) is 12.1 Å². The quantitative estimate of drug-likeness (QED) is 0.733. The van der Waals surface area contributed by atoms with Crippen LogP contribution in [0.4, 0.5) is 10.1 Å². The zero-order chi connectivity index (χ0) is 17.8.